The Morgan fingerprint density at radius 1 is 1.15 bits per heavy atom. The minimum Gasteiger partial charge on any atom is -0.481 e. The number of nitrogens with zero attached hydrogens (tertiary/aromatic N) is 2. The first kappa shape index (κ1) is 19.3. The maximum atomic E-state index is 13.2. The summed E-state index contributed by atoms with van der Waals surface area (Å²) in [6.07, 6.45) is -0.309. The van der Waals surface area contributed by atoms with Crippen LogP contribution < -0.4 is 4.31 Å². The molecule has 10 heteroatoms. The molecule has 0 aliphatic carbocycles. The van der Waals surface area contributed by atoms with E-state index in [4.69, 9.17) is 5.11 Å². The maximum Gasteiger partial charge on any atom is 0.303 e. The zero-order valence-electron chi connectivity index (χ0n) is 13.4. The van der Waals surface area contributed by atoms with Crippen molar-refractivity contribution < 1.29 is 27.6 Å². The van der Waals surface area contributed by atoms with Gasteiger partial charge in [0.1, 0.15) is 5.82 Å². The highest BCUT2D eigenvalue weighted by atomic mass is 32.2. The van der Waals surface area contributed by atoms with Crippen LogP contribution in [-0.4, -0.2) is 31.0 Å². The third-order valence-electron chi connectivity index (χ3n) is 3.50. The number of carboxylic acids is 1. The molecule has 0 saturated heterocycles. The van der Waals surface area contributed by atoms with Gasteiger partial charge >= 0.3 is 5.97 Å². The van der Waals surface area contributed by atoms with Gasteiger partial charge in [-0.05, 0) is 36.8 Å². The predicted octanol–water partition coefficient (Wildman–Crippen LogP) is 2.79. The molecule has 0 fully saturated rings. The van der Waals surface area contributed by atoms with Crippen LogP contribution in [0.5, 0.6) is 0 Å². The van der Waals surface area contributed by atoms with Gasteiger partial charge in [-0.2, -0.15) is 0 Å². The van der Waals surface area contributed by atoms with Crippen LogP contribution >= 0.6 is 0 Å². The molecule has 0 amide bonds. The van der Waals surface area contributed by atoms with Crippen molar-refractivity contribution in [2.24, 2.45) is 0 Å². The van der Waals surface area contributed by atoms with E-state index in [0.717, 1.165) is 28.6 Å². The van der Waals surface area contributed by atoms with Gasteiger partial charge in [0.2, 0.25) is 0 Å². The van der Waals surface area contributed by atoms with E-state index in [-0.39, 0.29) is 25.1 Å². The van der Waals surface area contributed by atoms with Crippen molar-refractivity contribution in [3.63, 3.8) is 0 Å². The zero-order chi connectivity index (χ0) is 19.3. The van der Waals surface area contributed by atoms with Gasteiger partial charge in [0, 0.05) is 19.0 Å². The van der Waals surface area contributed by atoms with Crippen molar-refractivity contribution in [3.8, 4) is 0 Å². The molecule has 0 bridgehead atoms. The number of nitro groups is 1. The molecule has 26 heavy (non-hydrogen) atoms. The lowest BCUT2D eigenvalue weighted by Gasteiger charge is -2.24. The standard InChI is InChI=1S/C16H15FN2O6S/c17-12-7-9-13(10-8-12)18(11-3-6-16(20)21)26(24,25)15-5-2-1-4-14(15)19(22)23/h1-2,4-5,7-10H,3,6,11H2,(H,20,21). The molecule has 2 aromatic carbocycles. The normalized spacial score (nSPS) is 11.1. The number of rotatable bonds is 8. The summed E-state index contributed by atoms with van der Waals surface area (Å²) in [6.45, 7) is -0.230. The maximum absolute atomic E-state index is 13.2. The van der Waals surface area contributed by atoms with Gasteiger partial charge in [0.05, 0.1) is 10.6 Å². The third kappa shape index (κ3) is 4.33. The number of benzene rings is 2. The summed E-state index contributed by atoms with van der Waals surface area (Å²) in [5.41, 5.74) is -0.521. The monoisotopic (exact) mass is 382 g/mol. The Labute approximate surface area is 148 Å². The number of carboxylic acid groups (broad SMARTS) is 1. The van der Waals surface area contributed by atoms with Crippen LogP contribution in [0.3, 0.4) is 0 Å². The number of hydrogen-bond acceptors (Lipinski definition) is 5. The lowest BCUT2D eigenvalue weighted by atomic mass is 10.3. The van der Waals surface area contributed by atoms with Crippen molar-refractivity contribution in [1.82, 2.24) is 0 Å². The second-order valence-corrected chi connectivity index (χ2v) is 7.11. The number of nitro benzene ring substituents is 1. The molecule has 0 aromatic heterocycles. The topological polar surface area (TPSA) is 118 Å². The summed E-state index contributed by atoms with van der Waals surface area (Å²) >= 11 is 0. The molecule has 0 radical (unpaired) electrons. The quantitative estimate of drug-likeness (QED) is 0.554. The van der Waals surface area contributed by atoms with Crippen LogP contribution in [0.25, 0.3) is 0 Å². The summed E-state index contributed by atoms with van der Waals surface area (Å²) in [7, 11) is -4.36. The summed E-state index contributed by atoms with van der Waals surface area (Å²) in [5, 5.41) is 19.9. The average molecular weight is 382 g/mol. The molecule has 0 aliphatic heterocycles. The number of para-hydroxylation sites is 1. The molecule has 2 rings (SSSR count). The molecule has 1 N–H and O–H groups in total. The van der Waals surface area contributed by atoms with E-state index in [9.17, 15) is 27.7 Å². The summed E-state index contributed by atoms with van der Waals surface area (Å²) in [5.74, 6) is -1.69. The van der Waals surface area contributed by atoms with Crippen LogP contribution in [-0.2, 0) is 14.8 Å². The van der Waals surface area contributed by atoms with Gasteiger partial charge in [0.25, 0.3) is 15.7 Å². The lowest BCUT2D eigenvalue weighted by Crippen LogP contribution is -2.32. The zero-order valence-corrected chi connectivity index (χ0v) is 14.2. The van der Waals surface area contributed by atoms with Crippen LogP contribution in [0, 0.1) is 15.9 Å². The molecule has 8 nitrogen and oxygen atoms in total. The Hall–Kier alpha value is -3.01. The highest BCUT2D eigenvalue weighted by Gasteiger charge is 2.31. The van der Waals surface area contributed by atoms with E-state index in [1.54, 1.807) is 0 Å². The van der Waals surface area contributed by atoms with E-state index >= 15 is 0 Å². The van der Waals surface area contributed by atoms with Gasteiger partial charge in [-0.3, -0.25) is 19.2 Å². The summed E-state index contributed by atoms with van der Waals surface area (Å²) < 4.78 is 40.0. The Morgan fingerprint density at radius 2 is 1.77 bits per heavy atom. The highest BCUT2D eigenvalue weighted by molar-refractivity contribution is 7.93. The Kier molecular flexibility index (Phi) is 5.88. The molecule has 0 heterocycles. The highest BCUT2D eigenvalue weighted by Crippen LogP contribution is 2.30. The molecule has 0 saturated carbocycles. The van der Waals surface area contributed by atoms with Crippen LogP contribution in [0.15, 0.2) is 53.4 Å². The number of sulfonamides is 1. The second-order valence-electron chi connectivity index (χ2n) is 5.28. The van der Waals surface area contributed by atoms with Gasteiger partial charge in [-0.1, -0.05) is 12.1 Å². The number of anilines is 1. The minimum absolute atomic E-state index is 0.0213. The third-order valence-corrected chi connectivity index (χ3v) is 5.37. The Morgan fingerprint density at radius 3 is 2.35 bits per heavy atom. The number of aliphatic carboxylic acids is 1. The van der Waals surface area contributed by atoms with Gasteiger partial charge in [0.15, 0.2) is 4.90 Å². The van der Waals surface area contributed by atoms with Crippen molar-refractivity contribution >= 4 is 27.4 Å². The molecule has 2 aromatic rings. The lowest BCUT2D eigenvalue weighted by molar-refractivity contribution is -0.387. The van der Waals surface area contributed by atoms with Gasteiger partial charge in [-0.15, -0.1) is 0 Å². The molecule has 0 unspecified atom stereocenters. The fraction of sp³-hybridized carbons (Fsp3) is 0.188. The van der Waals surface area contributed by atoms with Gasteiger partial charge in [-0.25, -0.2) is 12.8 Å². The molecule has 0 spiro atoms. The van der Waals surface area contributed by atoms with Crippen molar-refractivity contribution in [2.75, 3.05) is 10.8 Å². The van der Waals surface area contributed by atoms with Crippen LogP contribution in [0.4, 0.5) is 15.8 Å². The van der Waals surface area contributed by atoms with Gasteiger partial charge < -0.3 is 5.11 Å². The number of halogens is 1. The van der Waals surface area contributed by atoms with E-state index < -0.39 is 37.3 Å². The van der Waals surface area contributed by atoms with Crippen LogP contribution in [0.2, 0.25) is 0 Å². The van der Waals surface area contributed by atoms with E-state index in [1.807, 2.05) is 0 Å². The van der Waals surface area contributed by atoms with Crippen molar-refractivity contribution in [2.45, 2.75) is 17.7 Å². The van der Waals surface area contributed by atoms with E-state index in [2.05, 4.69) is 0 Å². The molecule has 138 valence electrons. The Bertz CT molecular complexity index is 915. The van der Waals surface area contributed by atoms with Crippen molar-refractivity contribution in [3.05, 3.63) is 64.5 Å². The largest absolute Gasteiger partial charge is 0.481 e. The van der Waals surface area contributed by atoms with Crippen molar-refractivity contribution in [1.29, 1.82) is 0 Å². The summed E-state index contributed by atoms with van der Waals surface area (Å²) in [6, 6.07) is 9.37. The predicted molar refractivity (Wildman–Crippen MR) is 90.9 cm³/mol. The first-order chi connectivity index (χ1) is 12.2. The molecule has 0 atom stereocenters. The molecular formula is C16H15FN2O6S. The van der Waals surface area contributed by atoms with E-state index in [0.29, 0.717) is 0 Å². The first-order valence-electron chi connectivity index (χ1n) is 7.47. The smallest absolute Gasteiger partial charge is 0.303 e. The minimum atomic E-state index is -4.36. The molecular weight excluding hydrogens is 367 g/mol. The van der Waals surface area contributed by atoms with E-state index in [1.165, 1.54) is 24.3 Å². The fourth-order valence-electron chi connectivity index (χ4n) is 2.31. The Balaban J connectivity index is 2.51. The average Bonchev–Trinajstić information content (AvgIpc) is 2.59. The first-order valence-corrected chi connectivity index (χ1v) is 8.91. The SMILES string of the molecule is O=C(O)CCCN(c1ccc(F)cc1)S(=O)(=O)c1ccccc1[N+](=O)[O-]. The second kappa shape index (κ2) is 7.91. The van der Waals surface area contributed by atoms with Crippen LogP contribution in [0.1, 0.15) is 12.8 Å². The fourth-order valence-corrected chi connectivity index (χ4v) is 3.98. The number of carbonyl (C=O) groups is 1. The molecule has 0 aliphatic rings. The summed E-state index contributed by atoms with van der Waals surface area (Å²) in [4.78, 5) is 20.6. The number of hydrogen-bond donors (Lipinski definition) is 1.